The van der Waals surface area contributed by atoms with E-state index in [0.29, 0.717) is 0 Å². The molecule has 2 rings (SSSR count). The van der Waals surface area contributed by atoms with Crippen LogP contribution in [0.25, 0.3) is 10.9 Å². The summed E-state index contributed by atoms with van der Waals surface area (Å²) in [4.78, 5) is 4.46. The van der Waals surface area contributed by atoms with E-state index in [2.05, 4.69) is 23.4 Å². The van der Waals surface area contributed by atoms with Crippen molar-refractivity contribution in [3.63, 3.8) is 0 Å². The Morgan fingerprint density at radius 2 is 2.12 bits per heavy atom. The molecule has 1 aromatic carbocycles. The van der Waals surface area contributed by atoms with Gasteiger partial charge in [0.1, 0.15) is 11.6 Å². The number of nitrogen functional groups attached to an aromatic ring is 1. The maximum Gasteiger partial charge on any atom is 0.143 e. The average molecular weight is 254 g/mol. The van der Waals surface area contributed by atoms with Crippen LogP contribution < -0.4 is 16.0 Å². The van der Waals surface area contributed by atoms with Gasteiger partial charge in [0.05, 0.1) is 12.6 Å². The third-order valence-electron chi connectivity index (χ3n) is 2.62. The highest BCUT2D eigenvalue weighted by atomic mass is 35.5. The monoisotopic (exact) mass is 253 g/mol. The number of nitrogens with one attached hydrogen (secondary N) is 1. The number of anilines is 1. The van der Waals surface area contributed by atoms with E-state index in [4.69, 9.17) is 10.6 Å². The molecular weight excluding hydrogens is 238 g/mol. The summed E-state index contributed by atoms with van der Waals surface area (Å²) in [7, 11) is 1.64. The lowest BCUT2D eigenvalue weighted by atomic mass is 10.1. The number of benzene rings is 1. The van der Waals surface area contributed by atoms with Crippen LogP contribution >= 0.6 is 12.4 Å². The van der Waals surface area contributed by atoms with Gasteiger partial charge < -0.3 is 10.2 Å². The molecule has 0 atom stereocenters. The fourth-order valence-electron chi connectivity index (χ4n) is 1.71. The quantitative estimate of drug-likeness (QED) is 0.652. The van der Waals surface area contributed by atoms with Crippen molar-refractivity contribution in [1.82, 2.24) is 4.98 Å². The van der Waals surface area contributed by atoms with Crippen LogP contribution in [-0.4, -0.2) is 12.1 Å². The van der Waals surface area contributed by atoms with E-state index in [-0.39, 0.29) is 12.4 Å². The van der Waals surface area contributed by atoms with E-state index in [1.165, 1.54) is 0 Å². The van der Waals surface area contributed by atoms with Gasteiger partial charge in [-0.3, -0.25) is 0 Å². The highest BCUT2D eigenvalue weighted by Crippen LogP contribution is 2.23. The maximum absolute atomic E-state index is 5.44. The minimum absolute atomic E-state index is 0. The molecule has 0 aliphatic rings. The first-order valence-corrected chi connectivity index (χ1v) is 5.22. The minimum atomic E-state index is 0. The van der Waals surface area contributed by atoms with Crippen LogP contribution in [0.4, 0.5) is 5.82 Å². The third kappa shape index (κ3) is 2.60. The fraction of sp³-hybridized carbons (Fsp3) is 0.250. The number of aryl methyl sites for hydroxylation is 1. The molecule has 17 heavy (non-hydrogen) atoms. The van der Waals surface area contributed by atoms with Gasteiger partial charge in [0.15, 0.2) is 0 Å². The molecule has 0 bridgehead atoms. The first kappa shape index (κ1) is 13.5. The third-order valence-corrected chi connectivity index (χ3v) is 2.62. The van der Waals surface area contributed by atoms with Crippen LogP contribution in [0.2, 0.25) is 0 Å². The zero-order valence-electron chi connectivity index (χ0n) is 9.86. The van der Waals surface area contributed by atoms with Gasteiger partial charge in [-0.25, -0.2) is 10.8 Å². The van der Waals surface area contributed by atoms with Gasteiger partial charge in [-0.1, -0.05) is 6.92 Å². The van der Waals surface area contributed by atoms with Crippen LogP contribution in [0.15, 0.2) is 24.3 Å². The molecule has 0 unspecified atom stereocenters. The predicted molar refractivity (Wildman–Crippen MR) is 72.7 cm³/mol. The molecule has 0 radical (unpaired) electrons. The van der Waals surface area contributed by atoms with Gasteiger partial charge in [-0.2, -0.15) is 0 Å². The van der Waals surface area contributed by atoms with Gasteiger partial charge >= 0.3 is 0 Å². The van der Waals surface area contributed by atoms with Gasteiger partial charge in [-0.15, -0.1) is 12.4 Å². The normalized spacial score (nSPS) is 9.82. The summed E-state index contributed by atoms with van der Waals surface area (Å²) in [6, 6.07) is 7.92. The van der Waals surface area contributed by atoms with Crippen molar-refractivity contribution in [2.24, 2.45) is 5.84 Å². The number of ether oxygens (including phenoxy) is 1. The summed E-state index contributed by atoms with van der Waals surface area (Å²) in [5, 5.41) is 1.09. The molecule has 1 aromatic heterocycles. The van der Waals surface area contributed by atoms with E-state index in [1.54, 1.807) is 7.11 Å². The van der Waals surface area contributed by atoms with E-state index in [1.807, 2.05) is 18.2 Å². The Morgan fingerprint density at radius 1 is 1.35 bits per heavy atom. The van der Waals surface area contributed by atoms with Crippen molar-refractivity contribution in [2.45, 2.75) is 13.3 Å². The highest BCUT2D eigenvalue weighted by molar-refractivity contribution is 5.85. The molecule has 4 nitrogen and oxygen atoms in total. The molecule has 0 spiro atoms. The second-order valence-electron chi connectivity index (χ2n) is 3.55. The van der Waals surface area contributed by atoms with Crippen molar-refractivity contribution in [2.75, 3.05) is 12.5 Å². The van der Waals surface area contributed by atoms with E-state index < -0.39 is 0 Å². The van der Waals surface area contributed by atoms with Gasteiger partial charge in [0.2, 0.25) is 0 Å². The van der Waals surface area contributed by atoms with Crippen molar-refractivity contribution in [1.29, 1.82) is 0 Å². The first-order chi connectivity index (χ1) is 7.78. The largest absolute Gasteiger partial charge is 0.497 e. The molecule has 92 valence electrons. The van der Waals surface area contributed by atoms with Crippen molar-refractivity contribution >= 4 is 29.1 Å². The zero-order valence-corrected chi connectivity index (χ0v) is 10.7. The van der Waals surface area contributed by atoms with Crippen molar-refractivity contribution in [3.8, 4) is 5.75 Å². The second kappa shape index (κ2) is 5.70. The Kier molecular flexibility index (Phi) is 4.54. The standard InChI is InChI=1S/C12H15N3O.ClH/c1-3-8-6-9-4-5-10(16-2)7-11(9)14-12(8)15-13;/h4-7H,3,13H2,1-2H3,(H,14,15);1H. The first-order valence-electron chi connectivity index (χ1n) is 5.22. The van der Waals surface area contributed by atoms with Crippen LogP contribution in [0.1, 0.15) is 12.5 Å². The lowest BCUT2D eigenvalue weighted by Gasteiger charge is -2.09. The Hall–Kier alpha value is -1.52. The molecule has 1 heterocycles. The highest BCUT2D eigenvalue weighted by Gasteiger charge is 2.05. The molecule has 3 N–H and O–H groups in total. The van der Waals surface area contributed by atoms with Crippen LogP contribution in [-0.2, 0) is 6.42 Å². The van der Waals surface area contributed by atoms with Crippen molar-refractivity contribution in [3.05, 3.63) is 29.8 Å². The van der Waals surface area contributed by atoms with Gasteiger partial charge in [-0.05, 0) is 30.2 Å². The molecule has 0 aliphatic heterocycles. The zero-order chi connectivity index (χ0) is 11.5. The molecule has 2 aromatic rings. The molecule has 5 heteroatoms. The number of methoxy groups -OCH3 is 1. The van der Waals surface area contributed by atoms with Crippen molar-refractivity contribution < 1.29 is 4.74 Å². The van der Waals surface area contributed by atoms with Crippen LogP contribution in [0.3, 0.4) is 0 Å². The van der Waals surface area contributed by atoms with Crippen LogP contribution in [0.5, 0.6) is 5.75 Å². The summed E-state index contributed by atoms with van der Waals surface area (Å²) in [6.45, 7) is 2.08. The Bertz CT molecular complexity index is 516. The maximum atomic E-state index is 5.44. The van der Waals surface area contributed by atoms with Gasteiger partial charge in [0, 0.05) is 11.5 Å². The molecule has 0 saturated heterocycles. The smallest absolute Gasteiger partial charge is 0.143 e. The number of rotatable bonds is 3. The van der Waals surface area contributed by atoms with Crippen LogP contribution in [0, 0.1) is 0 Å². The van der Waals surface area contributed by atoms with Gasteiger partial charge in [0.25, 0.3) is 0 Å². The van der Waals surface area contributed by atoms with E-state index in [0.717, 1.165) is 34.5 Å². The average Bonchev–Trinajstić information content (AvgIpc) is 2.36. The number of pyridine rings is 1. The van der Waals surface area contributed by atoms with E-state index in [9.17, 15) is 0 Å². The Labute approximate surface area is 107 Å². The van der Waals surface area contributed by atoms with E-state index >= 15 is 0 Å². The predicted octanol–water partition coefficient (Wildman–Crippen LogP) is 2.51. The molecule has 0 fully saturated rings. The number of nitrogens with zero attached hydrogens (tertiary/aromatic N) is 1. The second-order valence-corrected chi connectivity index (χ2v) is 3.55. The SMILES string of the molecule is CCc1cc2ccc(OC)cc2nc1NN.Cl. The number of hydrogen-bond donors (Lipinski definition) is 2. The molecule has 0 amide bonds. The lowest BCUT2D eigenvalue weighted by molar-refractivity contribution is 0.415. The summed E-state index contributed by atoms with van der Waals surface area (Å²) >= 11 is 0. The molecule has 0 saturated carbocycles. The number of hydrogen-bond acceptors (Lipinski definition) is 4. The summed E-state index contributed by atoms with van der Waals surface area (Å²) in [5.41, 5.74) is 4.61. The minimum Gasteiger partial charge on any atom is -0.497 e. The summed E-state index contributed by atoms with van der Waals surface area (Å²) < 4.78 is 5.16. The number of nitrogens with two attached hydrogens (primary N) is 1. The lowest BCUT2D eigenvalue weighted by Crippen LogP contribution is -2.11. The number of halogens is 1. The summed E-state index contributed by atoms with van der Waals surface area (Å²) in [6.07, 6.45) is 0.897. The Balaban J connectivity index is 0.00000144. The Morgan fingerprint density at radius 3 is 2.71 bits per heavy atom. The summed E-state index contributed by atoms with van der Waals surface area (Å²) in [5.74, 6) is 6.97. The molecular formula is C12H16ClN3O. The topological polar surface area (TPSA) is 60.2 Å². The molecule has 0 aliphatic carbocycles. The number of hydrazine groups is 1. The fourth-order valence-corrected chi connectivity index (χ4v) is 1.71. The number of fused-ring (bicyclic) bond motifs is 1. The number of aromatic nitrogens is 1.